The maximum absolute atomic E-state index is 10.2. The van der Waals surface area contributed by atoms with Crippen LogP contribution in [0.1, 0.15) is 17.3 Å². The van der Waals surface area contributed by atoms with Gasteiger partial charge in [0.05, 0.1) is 4.92 Å². The largest absolute Gasteiger partial charge is 0.356 e. The second-order valence-electron chi connectivity index (χ2n) is 3.01. The van der Waals surface area contributed by atoms with E-state index in [-0.39, 0.29) is 12.0 Å². The van der Waals surface area contributed by atoms with Crippen molar-refractivity contribution in [3.05, 3.63) is 39.9 Å². The molecule has 0 radical (unpaired) electrons. The van der Waals surface area contributed by atoms with Gasteiger partial charge in [-0.15, -0.1) is 0 Å². The minimum absolute atomic E-state index is 0.0606. The lowest BCUT2D eigenvalue weighted by atomic mass is 10.2. The average molecular weight is 241 g/mol. The molecule has 0 aliphatic heterocycles. The fourth-order valence-corrected chi connectivity index (χ4v) is 0.808. The van der Waals surface area contributed by atoms with Crippen LogP contribution in [0.25, 0.3) is 0 Å². The fraction of sp³-hybridized carbons (Fsp3) is 0.364. The third kappa shape index (κ3) is 6.39. The number of hydrogen-bond donors (Lipinski definition) is 0. The van der Waals surface area contributed by atoms with Crippen molar-refractivity contribution in [3.63, 3.8) is 0 Å². The Morgan fingerprint density at radius 2 is 1.94 bits per heavy atom. The lowest BCUT2D eigenvalue weighted by molar-refractivity contribution is -0.384. The number of rotatable bonds is 4. The standard InChI is InChI=1S/C7H5NO3.C4H10O2/c9-5-6-2-1-3-7(4-6)8(10)11;1-4(5-2)6-3/h1-5H;4H,1-3H3. The van der Waals surface area contributed by atoms with Crippen LogP contribution in [0.15, 0.2) is 24.3 Å². The van der Waals surface area contributed by atoms with Crippen molar-refractivity contribution < 1.29 is 19.2 Å². The maximum atomic E-state index is 10.2. The SMILES string of the molecule is COC(C)OC.O=Cc1cccc([N+](=O)[O-])c1. The van der Waals surface area contributed by atoms with Crippen LogP contribution in [0.3, 0.4) is 0 Å². The summed E-state index contributed by atoms with van der Waals surface area (Å²) in [6.45, 7) is 1.83. The van der Waals surface area contributed by atoms with Gasteiger partial charge in [-0.1, -0.05) is 12.1 Å². The van der Waals surface area contributed by atoms with Gasteiger partial charge in [0, 0.05) is 31.9 Å². The molecule has 1 rings (SSSR count). The molecular weight excluding hydrogens is 226 g/mol. The van der Waals surface area contributed by atoms with E-state index in [1.54, 1.807) is 14.2 Å². The van der Waals surface area contributed by atoms with Crippen LogP contribution >= 0.6 is 0 Å². The van der Waals surface area contributed by atoms with E-state index in [1.165, 1.54) is 24.3 Å². The van der Waals surface area contributed by atoms with Crippen LogP contribution in [0.4, 0.5) is 5.69 Å². The highest BCUT2D eigenvalue weighted by Crippen LogP contribution is 2.10. The van der Waals surface area contributed by atoms with Gasteiger partial charge in [-0.2, -0.15) is 0 Å². The maximum Gasteiger partial charge on any atom is 0.270 e. The van der Waals surface area contributed by atoms with Gasteiger partial charge < -0.3 is 9.47 Å². The van der Waals surface area contributed by atoms with Crippen molar-refractivity contribution in [2.24, 2.45) is 0 Å². The minimum atomic E-state index is -0.535. The summed E-state index contributed by atoms with van der Waals surface area (Å²) in [4.78, 5) is 19.8. The third-order valence-corrected chi connectivity index (χ3v) is 1.88. The molecule has 6 heteroatoms. The van der Waals surface area contributed by atoms with Crippen LogP contribution in [-0.2, 0) is 9.47 Å². The number of carbonyl (C=O) groups excluding carboxylic acids is 1. The monoisotopic (exact) mass is 241 g/mol. The number of nitro benzene ring substituents is 1. The van der Waals surface area contributed by atoms with E-state index in [0.29, 0.717) is 11.8 Å². The van der Waals surface area contributed by atoms with Crippen molar-refractivity contribution in [1.29, 1.82) is 0 Å². The molecule has 0 aliphatic carbocycles. The molecule has 0 N–H and O–H groups in total. The number of nitro groups is 1. The predicted molar refractivity (Wildman–Crippen MR) is 62.0 cm³/mol. The molecule has 0 amide bonds. The molecule has 94 valence electrons. The van der Waals surface area contributed by atoms with E-state index in [0.717, 1.165) is 0 Å². The highest BCUT2D eigenvalue weighted by molar-refractivity contribution is 5.75. The normalized spacial score (nSPS) is 9.41. The van der Waals surface area contributed by atoms with Gasteiger partial charge >= 0.3 is 0 Å². The van der Waals surface area contributed by atoms with Crippen LogP contribution in [0, 0.1) is 10.1 Å². The Morgan fingerprint density at radius 1 is 1.35 bits per heavy atom. The number of ether oxygens (including phenoxy) is 2. The molecule has 6 nitrogen and oxygen atoms in total. The first kappa shape index (κ1) is 15.2. The molecule has 0 fully saturated rings. The summed E-state index contributed by atoms with van der Waals surface area (Å²) in [5.41, 5.74) is 0.258. The fourth-order valence-electron chi connectivity index (χ4n) is 0.808. The Labute approximate surface area is 99.3 Å². The van der Waals surface area contributed by atoms with Crippen molar-refractivity contribution >= 4 is 12.0 Å². The van der Waals surface area contributed by atoms with Gasteiger partial charge in [0.2, 0.25) is 0 Å². The molecule has 0 unspecified atom stereocenters. The first-order chi connectivity index (χ1) is 8.04. The summed E-state index contributed by atoms with van der Waals surface area (Å²) in [6, 6.07) is 5.56. The van der Waals surface area contributed by atoms with Crippen LogP contribution in [0.2, 0.25) is 0 Å². The zero-order valence-electron chi connectivity index (χ0n) is 9.95. The Kier molecular flexibility index (Phi) is 7.49. The molecular formula is C11H15NO5. The lowest BCUT2D eigenvalue weighted by Crippen LogP contribution is -2.05. The van der Waals surface area contributed by atoms with Crippen LogP contribution in [-0.4, -0.2) is 31.7 Å². The molecule has 0 saturated carbocycles. The van der Waals surface area contributed by atoms with Crippen molar-refractivity contribution in [2.45, 2.75) is 13.2 Å². The Balaban J connectivity index is 0.000000366. The molecule has 0 aliphatic rings. The average Bonchev–Trinajstić information content (AvgIpc) is 2.38. The van der Waals surface area contributed by atoms with Crippen molar-refractivity contribution in [1.82, 2.24) is 0 Å². The van der Waals surface area contributed by atoms with E-state index in [2.05, 4.69) is 9.47 Å². The van der Waals surface area contributed by atoms with Gasteiger partial charge in [-0.05, 0) is 6.92 Å². The summed E-state index contributed by atoms with van der Waals surface area (Å²) in [6.07, 6.45) is 0.512. The number of hydrogen-bond acceptors (Lipinski definition) is 5. The number of methoxy groups -OCH3 is 2. The van der Waals surface area contributed by atoms with Gasteiger partial charge in [0.15, 0.2) is 6.29 Å². The quantitative estimate of drug-likeness (QED) is 0.349. The van der Waals surface area contributed by atoms with Gasteiger partial charge in [-0.25, -0.2) is 0 Å². The second kappa shape index (κ2) is 8.37. The summed E-state index contributed by atoms with van der Waals surface area (Å²) >= 11 is 0. The summed E-state index contributed by atoms with van der Waals surface area (Å²) < 4.78 is 9.35. The van der Waals surface area contributed by atoms with E-state index in [4.69, 9.17) is 0 Å². The molecule has 0 aromatic heterocycles. The first-order valence-corrected chi connectivity index (χ1v) is 4.80. The Bertz CT molecular complexity index is 363. The summed E-state index contributed by atoms with van der Waals surface area (Å²) in [7, 11) is 3.21. The van der Waals surface area contributed by atoms with Crippen molar-refractivity contribution in [2.75, 3.05) is 14.2 Å². The third-order valence-electron chi connectivity index (χ3n) is 1.88. The van der Waals surface area contributed by atoms with E-state index in [1.807, 2.05) is 6.92 Å². The van der Waals surface area contributed by atoms with E-state index < -0.39 is 4.92 Å². The van der Waals surface area contributed by atoms with Crippen LogP contribution in [0.5, 0.6) is 0 Å². The Hall–Kier alpha value is -1.79. The molecule has 0 heterocycles. The molecule has 0 atom stereocenters. The van der Waals surface area contributed by atoms with E-state index >= 15 is 0 Å². The number of non-ortho nitro benzene ring substituents is 1. The van der Waals surface area contributed by atoms with Gasteiger partial charge in [0.25, 0.3) is 5.69 Å². The number of aldehydes is 1. The number of carbonyl (C=O) groups is 1. The zero-order chi connectivity index (χ0) is 13.3. The molecule has 1 aromatic rings. The van der Waals surface area contributed by atoms with Gasteiger partial charge in [0.1, 0.15) is 6.29 Å². The van der Waals surface area contributed by atoms with E-state index in [9.17, 15) is 14.9 Å². The minimum Gasteiger partial charge on any atom is -0.356 e. The topological polar surface area (TPSA) is 78.7 Å². The smallest absolute Gasteiger partial charge is 0.270 e. The molecule has 1 aromatic carbocycles. The lowest BCUT2D eigenvalue weighted by Gasteiger charge is -2.03. The first-order valence-electron chi connectivity index (χ1n) is 4.80. The molecule has 0 saturated heterocycles. The Morgan fingerprint density at radius 3 is 2.29 bits per heavy atom. The van der Waals surface area contributed by atoms with Gasteiger partial charge in [-0.3, -0.25) is 14.9 Å². The molecule has 17 heavy (non-hydrogen) atoms. The van der Waals surface area contributed by atoms with Crippen LogP contribution < -0.4 is 0 Å². The second-order valence-corrected chi connectivity index (χ2v) is 3.01. The zero-order valence-corrected chi connectivity index (χ0v) is 9.95. The highest BCUT2D eigenvalue weighted by atomic mass is 16.7. The number of nitrogens with zero attached hydrogens (tertiary/aromatic N) is 1. The predicted octanol–water partition coefficient (Wildman–Crippen LogP) is 2.03. The highest BCUT2D eigenvalue weighted by Gasteiger charge is 2.03. The molecule has 0 spiro atoms. The van der Waals surface area contributed by atoms with Crippen molar-refractivity contribution in [3.8, 4) is 0 Å². The molecule has 0 bridgehead atoms. The number of benzene rings is 1. The summed E-state index contributed by atoms with van der Waals surface area (Å²) in [5.74, 6) is 0. The summed E-state index contributed by atoms with van der Waals surface area (Å²) in [5, 5.41) is 10.2.